The molecule has 0 aliphatic heterocycles. The highest BCUT2D eigenvalue weighted by atomic mass is 35.5. The zero-order chi connectivity index (χ0) is 19.0. The molecular weight excluding hydrogens is 362 g/mol. The largest absolute Gasteiger partial charge is 0.323 e. The maximum Gasteiger partial charge on any atom is 0.228 e. The van der Waals surface area contributed by atoms with Crippen LogP contribution in [0, 0.1) is 12.8 Å². The van der Waals surface area contributed by atoms with Crippen molar-refractivity contribution in [3.05, 3.63) is 64.7 Å². The van der Waals surface area contributed by atoms with Crippen molar-refractivity contribution in [1.29, 1.82) is 0 Å². The van der Waals surface area contributed by atoms with Gasteiger partial charge in [0.2, 0.25) is 5.91 Å². The van der Waals surface area contributed by atoms with Crippen molar-refractivity contribution >= 4 is 23.2 Å². The zero-order valence-corrected chi connectivity index (χ0v) is 16.1. The summed E-state index contributed by atoms with van der Waals surface area (Å²) in [7, 11) is 0. The van der Waals surface area contributed by atoms with Gasteiger partial charge in [0, 0.05) is 34.9 Å². The van der Waals surface area contributed by atoms with Gasteiger partial charge >= 0.3 is 0 Å². The second kappa shape index (κ2) is 7.19. The predicted molar refractivity (Wildman–Crippen MR) is 105 cm³/mol. The van der Waals surface area contributed by atoms with E-state index in [1.54, 1.807) is 6.20 Å². The van der Waals surface area contributed by atoms with Crippen molar-refractivity contribution in [3.63, 3.8) is 0 Å². The minimum absolute atomic E-state index is 0.0135. The number of aromatic nitrogens is 4. The van der Waals surface area contributed by atoms with Crippen molar-refractivity contribution in [2.24, 2.45) is 5.92 Å². The van der Waals surface area contributed by atoms with Crippen LogP contribution in [0.3, 0.4) is 0 Å². The molecule has 2 aromatic heterocycles. The SMILES string of the molecule is CCn1ncc(Cn2cc(NC(=O)C3CC3c3ccc(Cl)cc3)cn2)c1C. The fraction of sp³-hybridized carbons (Fsp3) is 0.350. The van der Waals surface area contributed by atoms with E-state index in [0.29, 0.717) is 11.6 Å². The first-order valence-corrected chi connectivity index (χ1v) is 9.53. The molecule has 1 aromatic carbocycles. The summed E-state index contributed by atoms with van der Waals surface area (Å²) >= 11 is 5.93. The number of rotatable bonds is 6. The number of nitrogens with zero attached hydrogens (tertiary/aromatic N) is 4. The summed E-state index contributed by atoms with van der Waals surface area (Å²) in [5.74, 6) is 0.337. The van der Waals surface area contributed by atoms with Crippen LogP contribution in [0.5, 0.6) is 0 Å². The predicted octanol–water partition coefficient (Wildman–Crippen LogP) is 3.85. The van der Waals surface area contributed by atoms with E-state index in [2.05, 4.69) is 29.4 Å². The molecule has 4 rings (SSSR count). The first-order chi connectivity index (χ1) is 13.0. The molecule has 7 heteroatoms. The number of benzene rings is 1. The Balaban J connectivity index is 1.36. The zero-order valence-electron chi connectivity index (χ0n) is 15.4. The van der Waals surface area contributed by atoms with E-state index in [1.165, 1.54) is 5.56 Å². The van der Waals surface area contributed by atoms with Gasteiger partial charge in [-0.2, -0.15) is 10.2 Å². The molecule has 6 nitrogen and oxygen atoms in total. The molecule has 0 bridgehead atoms. The first-order valence-electron chi connectivity index (χ1n) is 9.15. The third-order valence-corrected chi connectivity index (χ3v) is 5.41. The number of halogens is 1. The normalized spacial score (nSPS) is 18.5. The molecule has 1 amide bonds. The molecule has 1 fully saturated rings. The number of anilines is 1. The Kier molecular flexibility index (Phi) is 4.74. The van der Waals surface area contributed by atoms with Gasteiger partial charge in [0.15, 0.2) is 0 Å². The number of aryl methyl sites for hydroxylation is 1. The molecule has 2 unspecified atom stereocenters. The number of carbonyl (C=O) groups is 1. The molecule has 27 heavy (non-hydrogen) atoms. The lowest BCUT2D eigenvalue weighted by atomic mass is 10.1. The number of hydrogen-bond donors (Lipinski definition) is 1. The van der Waals surface area contributed by atoms with E-state index < -0.39 is 0 Å². The van der Waals surface area contributed by atoms with Crippen LogP contribution in [0.25, 0.3) is 0 Å². The third-order valence-electron chi connectivity index (χ3n) is 5.16. The highest BCUT2D eigenvalue weighted by molar-refractivity contribution is 6.30. The van der Waals surface area contributed by atoms with Crippen LogP contribution in [0.15, 0.2) is 42.9 Å². The minimum atomic E-state index is 0.0135. The standard InChI is InChI=1S/C20H22ClN5O/c1-3-26-13(2)15(9-23-26)11-25-12-17(10-22-25)24-20(27)19-8-18(19)14-4-6-16(21)7-5-14/h4-7,9-10,12,18-19H,3,8,11H2,1-2H3,(H,24,27). The summed E-state index contributed by atoms with van der Waals surface area (Å²) in [6.45, 7) is 5.61. The van der Waals surface area contributed by atoms with Crippen LogP contribution in [0.2, 0.25) is 5.02 Å². The van der Waals surface area contributed by atoms with Gasteiger partial charge in [-0.05, 0) is 43.9 Å². The molecule has 1 aliphatic rings. The van der Waals surface area contributed by atoms with Gasteiger partial charge in [-0.25, -0.2) is 0 Å². The maximum atomic E-state index is 12.5. The fourth-order valence-corrected chi connectivity index (χ4v) is 3.57. The molecule has 0 spiro atoms. The number of amides is 1. The summed E-state index contributed by atoms with van der Waals surface area (Å²) in [6, 6.07) is 7.74. The van der Waals surface area contributed by atoms with Crippen molar-refractivity contribution in [2.75, 3.05) is 5.32 Å². The average molecular weight is 384 g/mol. The van der Waals surface area contributed by atoms with E-state index >= 15 is 0 Å². The van der Waals surface area contributed by atoms with Crippen LogP contribution < -0.4 is 5.32 Å². The van der Waals surface area contributed by atoms with Crippen LogP contribution in [-0.4, -0.2) is 25.5 Å². The molecule has 2 atom stereocenters. The minimum Gasteiger partial charge on any atom is -0.323 e. The lowest BCUT2D eigenvalue weighted by Gasteiger charge is -2.04. The Bertz CT molecular complexity index is 959. The van der Waals surface area contributed by atoms with Gasteiger partial charge in [-0.15, -0.1) is 0 Å². The quantitative estimate of drug-likeness (QED) is 0.703. The van der Waals surface area contributed by atoms with E-state index in [1.807, 2.05) is 46.0 Å². The van der Waals surface area contributed by atoms with Crippen molar-refractivity contribution < 1.29 is 4.79 Å². The number of nitrogens with one attached hydrogen (secondary N) is 1. The van der Waals surface area contributed by atoms with Crippen LogP contribution in [-0.2, 0) is 17.9 Å². The summed E-state index contributed by atoms with van der Waals surface area (Å²) in [6.07, 6.45) is 6.30. The lowest BCUT2D eigenvalue weighted by molar-refractivity contribution is -0.117. The van der Waals surface area contributed by atoms with Crippen LogP contribution >= 0.6 is 11.6 Å². The van der Waals surface area contributed by atoms with Crippen LogP contribution in [0.1, 0.15) is 36.1 Å². The van der Waals surface area contributed by atoms with Crippen molar-refractivity contribution in [1.82, 2.24) is 19.6 Å². The van der Waals surface area contributed by atoms with Gasteiger partial charge in [0.25, 0.3) is 0 Å². The van der Waals surface area contributed by atoms with Gasteiger partial charge in [0.05, 0.1) is 24.6 Å². The van der Waals surface area contributed by atoms with Crippen molar-refractivity contribution in [2.45, 2.75) is 39.3 Å². The first kappa shape index (κ1) is 17.8. The highest BCUT2D eigenvalue weighted by Gasteiger charge is 2.43. The Hall–Kier alpha value is -2.60. The topological polar surface area (TPSA) is 64.7 Å². The molecule has 0 saturated heterocycles. The second-order valence-corrected chi connectivity index (χ2v) is 7.42. The molecular formula is C20H22ClN5O. The molecule has 1 saturated carbocycles. The summed E-state index contributed by atoms with van der Waals surface area (Å²) in [5.41, 5.74) is 4.16. The Morgan fingerprint density at radius 3 is 2.74 bits per heavy atom. The van der Waals surface area contributed by atoms with E-state index in [-0.39, 0.29) is 17.7 Å². The Labute approximate surface area is 163 Å². The smallest absolute Gasteiger partial charge is 0.228 e. The van der Waals surface area contributed by atoms with Crippen molar-refractivity contribution in [3.8, 4) is 0 Å². The second-order valence-electron chi connectivity index (χ2n) is 6.99. The molecule has 1 N–H and O–H groups in total. The molecule has 1 aliphatic carbocycles. The fourth-order valence-electron chi connectivity index (χ4n) is 3.45. The van der Waals surface area contributed by atoms with E-state index in [4.69, 9.17) is 11.6 Å². The van der Waals surface area contributed by atoms with E-state index in [9.17, 15) is 4.79 Å². The number of carbonyl (C=O) groups excluding carboxylic acids is 1. The summed E-state index contributed by atoms with van der Waals surface area (Å²) < 4.78 is 3.79. The number of hydrogen-bond acceptors (Lipinski definition) is 3. The van der Waals surface area contributed by atoms with Crippen LogP contribution in [0.4, 0.5) is 5.69 Å². The van der Waals surface area contributed by atoms with Gasteiger partial charge < -0.3 is 5.32 Å². The monoisotopic (exact) mass is 383 g/mol. The lowest BCUT2D eigenvalue weighted by Crippen LogP contribution is -2.14. The summed E-state index contributed by atoms with van der Waals surface area (Å²) in [4.78, 5) is 12.5. The average Bonchev–Trinajstić information content (AvgIpc) is 3.23. The molecule has 2 heterocycles. The molecule has 0 radical (unpaired) electrons. The maximum absolute atomic E-state index is 12.5. The third kappa shape index (κ3) is 3.76. The molecule has 140 valence electrons. The Morgan fingerprint density at radius 1 is 1.26 bits per heavy atom. The highest BCUT2D eigenvalue weighted by Crippen LogP contribution is 2.48. The van der Waals surface area contributed by atoms with Gasteiger partial charge in [-0.3, -0.25) is 14.2 Å². The Morgan fingerprint density at radius 2 is 2.04 bits per heavy atom. The van der Waals surface area contributed by atoms with E-state index in [0.717, 1.165) is 29.9 Å². The summed E-state index contributed by atoms with van der Waals surface area (Å²) in [5, 5.41) is 12.4. The molecule has 3 aromatic rings. The van der Waals surface area contributed by atoms with Gasteiger partial charge in [-0.1, -0.05) is 23.7 Å². The van der Waals surface area contributed by atoms with Gasteiger partial charge in [0.1, 0.15) is 0 Å².